The Kier molecular flexibility index (Phi) is 6.91. The number of rotatable bonds is 2. The van der Waals surface area contributed by atoms with E-state index in [1.54, 1.807) is 12.1 Å². The van der Waals surface area contributed by atoms with Crippen molar-refractivity contribution in [3.63, 3.8) is 0 Å². The monoisotopic (exact) mass is 294 g/mol. The lowest BCUT2D eigenvalue weighted by molar-refractivity contribution is -0.131. The molecule has 1 fully saturated rings. The largest absolute Gasteiger partial charge is 0.508 e. The number of aromatic hydroxyl groups is 1. The highest BCUT2D eigenvalue weighted by Gasteiger charge is 2.24. The second-order valence-corrected chi connectivity index (χ2v) is 5.32. The third kappa shape index (κ3) is 6.92. The summed E-state index contributed by atoms with van der Waals surface area (Å²) in [7, 11) is 0. The summed E-state index contributed by atoms with van der Waals surface area (Å²) in [6.45, 7) is 2.11. The van der Waals surface area contributed by atoms with Crippen molar-refractivity contribution in [3.8, 4) is 5.75 Å². The highest BCUT2D eigenvalue weighted by atomic mass is 16.4. The van der Waals surface area contributed by atoms with Gasteiger partial charge in [-0.2, -0.15) is 0 Å². The molecule has 2 rings (SSSR count). The number of aliphatic hydroxyl groups excluding tert-OH is 2. The zero-order chi connectivity index (χ0) is 15.8. The smallest absolute Gasteiger partial charge is 0.328 e. The number of phenols is 1. The van der Waals surface area contributed by atoms with Crippen LogP contribution < -0.4 is 0 Å². The number of benzene rings is 1. The maximum atomic E-state index is 10.1. The van der Waals surface area contributed by atoms with Gasteiger partial charge in [-0.15, -0.1) is 0 Å². The van der Waals surface area contributed by atoms with Crippen LogP contribution in [-0.2, 0) is 4.79 Å². The molecule has 21 heavy (non-hydrogen) atoms. The lowest BCUT2D eigenvalue weighted by Crippen LogP contribution is -2.32. The molecule has 116 valence electrons. The predicted octanol–water partition coefficient (Wildman–Crippen LogP) is 2.02. The van der Waals surface area contributed by atoms with E-state index >= 15 is 0 Å². The van der Waals surface area contributed by atoms with Gasteiger partial charge < -0.3 is 20.4 Å². The zero-order valence-electron chi connectivity index (χ0n) is 12.0. The fourth-order valence-electron chi connectivity index (χ4n) is 2.13. The normalized spacial score (nSPS) is 25.2. The minimum absolute atomic E-state index is 0.127. The van der Waals surface area contributed by atoms with E-state index < -0.39 is 18.2 Å². The van der Waals surface area contributed by atoms with Crippen molar-refractivity contribution in [2.75, 3.05) is 0 Å². The Morgan fingerprint density at radius 3 is 2.48 bits per heavy atom. The van der Waals surface area contributed by atoms with E-state index in [0.717, 1.165) is 25.3 Å². The molecule has 0 radical (unpaired) electrons. The minimum atomic E-state index is -1.00. The molecule has 0 amide bonds. The molecule has 1 saturated carbocycles. The third-order valence-electron chi connectivity index (χ3n) is 3.33. The summed E-state index contributed by atoms with van der Waals surface area (Å²) in [5, 5.41) is 35.4. The molecular formula is C16H22O5. The van der Waals surface area contributed by atoms with E-state index in [2.05, 4.69) is 6.92 Å². The third-order valence-corrected chi connectivity index (χ3v) is 3.33. The second kappa shape index (κ2) is 8.44. The fourth-order valence-corrected chi connectivity index (χ4v) is 2.13. The number of carboxylic acid groups (broad SMARTS) is 1. The number of hydrogen-bond donors (Lipinski definition) is 4. The van der Waals surface area contributed by atoms with Crippen LogP contribution in [0.5, 0.6) is 5.75 Å². The predicted molar refractivity (Wildman–Crippen MR) is 79.8 cm³/mol. The summed E-state index contributed by atoms with van der Waals surface area (Å²) < 4.78 is 0. The van der Waals surface area contributed by atoms with Crippen molar-refractivity contribution in [2.24, 2.45) is 5.92 Å². The SMILES string of the molecule is CC1CC[C@@H](O)C(O)C1.O=C(O)/C=C/c1cccc(O)c1. The Balaban J connectivity index is 0.000000219. The Labute approximate surface area is 124 Å². The van der Waals surface area contributed by atoms with E-state index in [1.165, 1.54) is 18.2 Å². The van der Waals surface area contributed by atoms with Gasteiger partial charge in [0.05, 0.1) is 12.2 Å². The summed E-state index contributed by atoms with van der Waals surface area (Å²) in [5.41, 5.74) is 0.664. The summed E-state index contributed by atoms with van der Waals surface area (Å²) in [6, 6.07) is 6.37. The maximum absolute atomic E-state index is 10.1. The Morgan fingerprint density at radius 1 is 1.24 bits per heavy atom. The number of aliphatic hydroxyl groups is 2. The molecule has 3 atom stereocenters. The van der Waals surface area contributed by atoms with Crippen LogP contribution in [0.3, 0.4) is 0 Å². The van der Waals surface area contributed by atoms with E-state index in [0.29, 0.717) is 11.5 Å². The van der Waals surface area contributed by atoms with Crippen molar-refractivity contribution < 1.29 is 25.2 Å². The summed E-state index contributed by atoms with van der Waals surface area (Å²) in [5.74, 6) is -0.288. The maximum Gasteiger partial charge on any atom is 0.328 e. The van der Waals surface area contributed by atoms with Gasteiger partial charge in [0, 0.05) is 6.08 Å². The molecule has 5 heteroatoms. The molecule has 5 nitrogen and oxygen atoms in total. The van der Waals surface area contributed by atoms with E-state index in [4.69, 9.17) is 20.4 Å². The van der Waals surface area contributed by atoms with Crippen molar-refractivity contribution in [1.82, 2.24) is 0 Å². The first-order valence-corrected chi connectivity index (χ1v) is 6.94. The molecular weight excluding hydrogens is 272 g/mol. The van der Waals surface area contributed by atoms with E-state index in [9.17, 15) is 4.79 Å². The molecule has 0 spiro atoms. The fraction of sp³-hybridized carbons (Fsp3) is 0.438. The van der Waals surface area contributed by atoms with Crippen LogP contribution in [0.1, 0.15) is 31.7 Å². The first kappa shape index (κ1) is 17.2. The second-order valence-electron chi connectivity index (χ2n) is 5.32. The van der Waals surface area contributed by atoms with Crippen LogP contribution >= 0.6 is 0 Å². The summed E-state index contributed by atoms with van der Waals surface area (Å²) in [4.78, 5) is 10.1. The molecule has 2 unspecified atom stereocenters. The van der Waals surface area contributed by atoms with Crippen molar-refractivity contribution in [1.29, 1.82) is 0 Å². The van der Waals surface area contributed by atoms with E-state index in [1.807, 2.05) is 0 Å². The molecule has 0 saturated heterocycles. The molecule has 0 aromatic heterocycles. The van der Waals surface area contributed by atoms with Gasteiger partial charge >= 0.3 is 5.97 Å². The molecule has 0 aliphatic heterocycles. The van der Waals surface area contributed by atoms with Crippen LogP contribution in [0.4, 0.5) is 0 Å². The highest BCUT2D eigenvalue weighted by molar-refractivity contribution is 5.85. The minimum Gasteiger partial charge on any atom is -0.508 e. The Bertz CT molecular complexity index is 483. The highest BCUT2D eigenvalue weighted by Crippen LogP contribution is 2.23. The van der Waals surface area contributed by atoms with Crippen molar-refractivity contribution in [2.45, 2.75) is 38.4 Å². The Hall–Kier alpha value is -1.85. The quantitative estimate of drug-likeness (QED) is 0.626. The van der Waals surface area contributed by atoms with Gasteiger partial charge in [0.25, 0.3) is 0 Å². The molecule has 1 aromatic rings. The van der Waals surface area contributed by atoms with Gasteiger partial charge in [0.2, 0.25) is 0 Å². The van der Waals surface area contributed by atoms with Gasteiger partial charge in [0.1, 0.15) is 5.75 Å². The first-order chi connectivity index (χ1) is 9.88. The van der Waals surface area contributed by atoms with Crippen LogP contribution in [0.15, 0.2) is 30.3 Å². The van der Waals surface area contributed by atoms with Gasteiger partial charge in [-0.3, -0.25) is 0 Å². The molecule has 1 aliphatic carbocycles. The van der Waals surface area contributed by atoms with Gasteiger partial charge in [-0.25, -0.2) is 4.79 Å². The molecule has 4 N–H and O–H groups in total. The summed E-state index contributed by atoms with van der Waals surface area (Å²) in [6.07, 6.45) is 4.10. The number of hydrogen-bond acceptors (Lipinski definition) is 4. The van der Waals surface area contributed by atoms with E-state index in [-0.39, 0.29) is 5.75 Å². The van der Waals surface area contributed by atoms with Crippen LogP contribution in [0.25, 0.3) is 6.08 Å². The Morgan fingerprint density at radius 2 is 1.95 bits per heavy atom. The van der Waals surface area contributed by atoms with Crippen molar-refractivity contribution in [3.05, 3.63) is 35.9 Å². The lowest BCUT2D eigenvalue weighted by atomic mass is 9.87. The number of carbonyl (C=O) groups is 1. The zero-order valence-corrected chi connectivity index (χ0v) is 12.0. The van der Waals surface area contributed by atoms with Gasteiger partial charge in [-0.05, 0) is 49.0 Å². The molecule has 1 aliphatic rings. The van der Waals surface area contributed by atoms with Crippen LogP contribution in [0, 0.1) is 5.92 Å². The topological polar surface area (TPSA) is 98.0 Å². The molecule has 1 aromatic carbocycles. The molecule has 0 bridgehead atoms. The summed E-state index contributed by atoms with van der Waals surface area (Å²) >= 11 is 0. The average Bonchev–Trinajstić information content (AvgIpc) is 2.42. The standard InChI is InChI=1S/C9H8O3.C7H14O2/c10-8-3-1-2-7(6-8)4-5-9(11)12;1-5-2-3-6(8)7(9)4-5/h1-6,10H,(H,11,12);5-9H,2-4H2,1H3/b5-4+;/t;5?,6-,7?/m.1/s1. The first-order valence-electron chi connectivity index (χ1n) is 6.94. The number of phenolic OH excluding ortho intramolecular Hbond substituents is 1. The van der Waals surface area contributed by atoms with Crippen LogP contribution in [0.2, 0.25) is 0 Å². The number of carboxylic acids is 1. The van der Waals surface area contributed by atoms with Crippen LogP contribution in [-0.4, -0.2) is 38.6 Å². The average molecular weight is 294 g/mol. The lowest BCUT2D eigenvalue weighted by Gasteiger charge is -2.27. The number of aliphatic carboxylic acids is 1. The van der Waals surface area contributed by atoms with Crippen molar-refractivity contribution >= 4 is 12.0 Å². The van der Waals surface area contributed by atoms with Gasteiger partial charge in [0.15, 0.2) is 0 Å². The molecule has 0 heterocycles. The van der Waals surface area contributed by atoms with Gasteiger partial charge in [-0.1, -0.05) is 19.1 Å².